The molecule has 2 aliphatic heterocycles. The van der Waals surface area contributed by atoms with Crippen molar-refractivity contribution in [3.8, 4) is 5.75 Å². The molecule has 24 heavy (non-hydrogen) atoms. The van der Waals surface area contributed by atoms with Crippen molar-refractivity contribution in [3.63, 3.8) is 0 Å². The lowest BCUT2D eigenvalue weighted by Gasteiger charge is -2.35. The first kappa shape index (κ1) is 15.0. The molecule has 1 atom stereocenters. The fourth-order valence-corrected chi connectivity index (χ4v) is 3.20. The van der Waals surface area contributed by atoms with Gasteiger partial charge in [0.25, 0.3) is 11.8 Å². The van der Waals surface area contributed by atoms with Crippen LogP contribution in [-0.4, -0.2) is 71.4 Å². The smallest absolute Gasteiger partial charge is 0.327 e. The van der Waals surface area contributed by atoms with Crippen LogP contribution in [0.25, 0.3) is 0 Å². The average molecular weight is 329 g/mol. The van der Waals surface area contributed by atoms with Gasteiger partial charge in [0.15, 0.2) is 0 Å². The Balaban J connectivity index is 1.54. The molecule has 0 radical (unpaired) electrons. The molecule has 1 aromatic rings. The topological polar surface area (TPSA) is 70.2 Å². The minimum absolute atomic E-state index is 0.152. The first-order valence-electron chi connectivity index (χ1n) is 8.19. The molecule has 1 unspecified atom stereocenters. The van der Waals surface area contributed by atoms with E-state index in [4.69, 9.17) is 4.74 Å². The van der Waals surface area contributed by atoms with Crippen molar-refractivity contribution >= 4 is 17.8 Å². The van der Waals surface area contributed by atoms with Crippen LogP contribution in [0.3, 0.4) is 0 Å². The Morgan fingerprint density at radius 2 is 1.92 bits per heavy atom. The van der Waals surface area contributed by atoms with Gasteiger partial charge in [0, 0.05) is 20.1 Å². The van der Waals surface area contributed by atoms with E-state index >= 15 is 0 Å². The third-order valence-corrected chi connectivity index (χ3v) is 4.75. The van der Waals surface area contributed by atoms with Crippen LogP contribution in [0.1, 0.15) is 23.2 Å². The lowest BCUT2D eigenvalue weighted by molar-refractivity contribution is -0.128. The largest absolute Gasteiger partial charge is 0.490 e. The molecule has 2 heterocycles. The number of carbonyl (C=O) groups excluding carboxylic acids is 3. The number of nitrogens with zero attached hydrogens (tertiary/aromatic N) is 3. The molecule has 4 rings (SSSR count). The second-order valence-electron chi connectivity index (χ2n) is 6.45. The highest BCUT2D eigenvalue weighted by atomic mass is 16.5. The number of imide groups is 1. The number of urea groups is 1. The number of ether oxygens (including phenoxy) is 1. The molecule has 7 nitrogen and oxygen atoms in total. The number of carbonyl (C=O) groups is 3. The van der Waals surface area contributed by atoms with E-state index in [0.29, 0.717) is 24.4 Å². The van der Waals surface area contributed by atoms with Crippen molar-refractivity contribution in [1.29, 1.82) is 0 Å². The van der Waals surface area contributed by atoms with Gasteiger partial charge in [-0.15, -0.1) is 0 Å². The standard InChI is InChI=1S/C17H19N3O4/c1-18-16(22)13-10-19(8-9-20(13)17(18)23)15(21)12-4-2-3-5-14(12)24-11-6-7-11/h2-5,11,13H,6-10H2,1H3. The zero-order valence-corrected chi connectivity index (χ0v) is 13.5. The molecular weight excluding hydrogens is 310 g/mol. The van der Waals surface area contributed by atoms with Gasteiger partial charge in [-0.3, -0.25) is 14.5 Å². The first-order chi connectivity index (χ1) is 11.6. The second kappa shape index (κ2) is 5.51. The van der Waals surface area contributed by atoms with Crippen LogP contribution in [-0.2, 0) is 4.79 Å². The van der Waals surface area contributed by atoms with Gasteiger partial charge in [-0.25, -0.2) is 4.79 Å². The van der Waals surface area contributed by atoms with E-state index in [1.807, 2.05) is 6.07 Å². The average Bonchev–Trinajstić information content (AvgIpc) is 3.40. The van der Waals surface area contributed by atoms with Crippen molar-refractivity contribution in [1.82, 2.24) is 14.7 Å². The molecule has 1 aliphatic carbocycles. The van der Waals surface area contributed by atoms with Crippen molar-refractivity contribution in [2.45, 2.75) is 25.0 Å². The number of likely N-dealkylation sites (N-methyl/N-ethyl adjacent to an activating group) is 1. The van der Waals surface area contributed by atoms with Crippen LogP contribution in [0.2, 0.25) is 0 Å². The summed E-state index contributed by atoms with van der Waals surface area (Å²) in [5.41, 5.74) is 0.517. The molecule has 3 aliphatic rings. The number of amides is 4. The van der Waals surface area contributed by atoms with Gasteiger partial charge < -0.3 is 14.5 Å². The van der Waals surface area contributed by atoms with Gasteiger partial charge >= 0.3 is 6.03 Å². The molecule has 0 N–H and O–H groups in total. The fraction of sp³-hybridized carbons (Fsp3) is 0.471. The summed E-state index contributed by atoms with van der Waals surface area (Å²) in [6.45, 7) is 1.02. The summed E-state index contributed by atoms with van der Waals surface area (Å²) in [6.07, 6.45) is 2.25. The van der Waals surface area contributed by atoms with Gasteiger partial charge in [-0.1, -0.05) is 12.1 Å². The first-order valence-corrected chi connectivity index (χ1v) is 8.19. The normalized spacial score (nSPS) is 23.5. The highest BCUT2D eigenvalue weighted by Gasteiger charge is 2.46. The lowest BCUT2D eigenvalue weighted by atomic mass is 10.1. The Kier molecular flexibility index (Phi) is 3.44. The summed E-state index contributed by atoms with van der Waals surface area (Å²) in [6, 6.07) is 6.35. The van der Waals surface area contributed by atoms with Crippen LogP contribution in [0.4, 0.5) is 4.79 Å². The van der Waals surface area contributed by atoms with E-state index < -0.39 is 6.04 Å². The Labute approximate surface area is 139 Å². The number of fused-ring (bicyclic) bond motifs is 1. The van der Waals surface area contributed by atoms with Crippen molar-refractivity contribution in [2.75, 3.05) is 26.7 Å². The minimum Gasteiger partial charge on any atom is -0.490 e. The second-order valence-corrected chi connectivity index (χ2v) is 6.45. The van der Waals surface area contributed by atoms with Gasteiger partial charge in [0.05, 0.1) is 18.2 Å². The predicted octanol–water partition coefficient (Wildman–Crippen LogP) is 0.946. The number of benzene rings is 1. The van der Waals surface area contributed by atoms with Crippen molar-refractivity contribution in [2.24, 2.45) is 0 Å². The summed E-state index contributed by atoms with van der Waals surface area (Å²) < 4.78 is 5.82. The maximum atomic E-state index is 12.9. The number of piperazine rings is 1. The van der Waals surface area contributed by atoms with E-state index in [9.17, 15) is 14.4 Å². The van der Waals surface area contributed by atoms with Crippen LogP contribution in [0, 0.1) is 0 Å². The maximum absolute atomic E-state index is 12.9. The zero-order chi connectivity index (χ0) is 16.8. The van der Waals surface area contributed by atoms with E-state index in [1.165, 1.54) is 7.05 Å². The van der Waals surface area contributed by atoms with E-state index in [-0.39, 0.29) is 30.5 Å². The predicted molar refractivity (Wildman–Crippen MR) is 84.7 cm³/mol. The Morgan fingerprint density at radius 3 is 2.67 bits per heavy atom. The maximum Gasteiger partial charge on any atom is 0.327 e. The molecule has 1 saturated carbocycles. The fourth-order valence-electron chi connectivity index (χ4n) is 3.20. The molecule has 3 fully saturated rings. The highest BCUT2D eigenvalue weighted by molar-refractivity contribution is 6.05. The van der Waals surface area contributed by atoms with Crippen LogP contribution >= 0.6 is 0 Å². The Hall–Kier alpha value is -2.57. The summed E-state index contributed by atoms with van der Waals surface area (Å²) in [4.78, 5) is 41.4. The quantitative estimate of drug-likeness (QED) is 0.774. The third-order valence-electron chi connectivity index (χ3n) is 4.75. The number of hydrogen-bond donors (Lipinski definition) is 0. The van der Waals surface area contributed by atoms with Crippen LogP contribution in [0.15, 0.2) is 24.3 Å². The molecule has 0 bridgehead atoms. The van der Waals surface area contributed by atoms with Gasteiger partial charge in [-0.2, -0.15) is 0 Å². The highest BCUT2D eigenvalue weighted by Crippen LogP contribution is 2.30. The van der Waals surface area contributed by atoms with Crippen molar-refractivity contribution < 1.29 is 19.1 Å². The molecule has 4 amide bonds. The number of hydrogen-bond acceptors (Lipinski definition) is 4. The van der Waals surface area contributed by atoms with E-state index in [2.05, 4.69) is 0 Å². The molecule has 0 spiro atoms. The minimum atomic E-state index is -0.572. The Morgan fingerprint density at radius 1 is 1.17 bits per heavy atom. The summed E-state index contributed by atoms with van der Waals surface area (Å²) in [7, 11) is 1.48. The number of para-hydroxylation sites is 1. The third kappa shape index (κ3) is 2.40. The molecule has 0 aromatic heterocycles. The molecule has 2 saturated heterocycles. The van der Waals surface area contributed by atoms with Crippen molar-refractivity contribution in [3.05, 3.63) is 29.8 Å². The summed E-state index contributed by atoms with van der Waals surface area (Å²) in [5.74, 6) is 0.194. The SMILES string of the molecule is CN1C(=O)C2CN(C(=O)c3ccccc3OC3CC3)CCN2C1=O. The lowest BCUT2D eigenvalue weighted by Crippen LogP contribution is -2.54. The van der Waals surface area contributed by atoms with E-state index in [0.717, 1.165) is 17.7 Å². The van der Waals surface area contributed by atoms with Crippen LogP contribution < -0.4 is 4.74 Å². The molecule has 7 heteroatoms. The molecule has 126 valence electrons. The van der Waals surface area contributed by atoms with Gasteiger partial charge in [0.1, 0.15) is 11.8 Å². The van der Waals surface area contributed by atoms with E-state index in [1.54, 1.807) is 28.0 Å². The van der Waals surface area contributed by atoms with Gasteiger partial charge in [0.2, 0.25) is 0 Å². The molecule has 1 aromatic carbocycles. The molecular formula is C17H19N3O4. The van der Waals surface area contributed by atoms with Gasteiger partial charge in [-0.05, 0) is 25.0 Å². The Bertz CT molecular complexity index is 716. The summed E-state index contributed by atoms with van der Waals surface area (Å²) >= 11 is 0. The summed E-state index contributed by atoms with van der Waals surface area (Å²) in [5, 5.41) is 0. The zero-order valence-electron chi connectivity index (χ0n) is 13.5. The number of rotatable bonds is 3. The monoisotopic (exact) mass is 329 g/mol. The van der Waals surface area contributed by atoms with Crippen LogP contribution in [0.5, 0.6) is 5.75 Å².